The lowest BCUT2D eigenvalue weighted by Gasteiger charge is -2.40. The Morgan fingerprint density at radius 3 is 2.00 bits per heavy atom. The molecule has 1 aliphatic rings. The van der Waals surface area contributed by atoms with Crippen LogP contribution in [0.25, 0.3) is 0 Å². The van der Waals surface area contributed by atoms with Gasteiger partial charge in [-0.2, -0.15) is 10.0 Å². The lowest BCUT2D eigenvalue weighted by Crippen LogP contribution is -2.21. The molecule has 3 nitrogen and oxygen atoms in total. The van der Waals surface area contributed by atoms with Gasteiger partial charge in [0.2, 0.25) is 0 Å². The van der Waals surface area contributed by atoms with Crippen molar-refractivity contribution >= 4 is 27.2 Å². The number of hydrogen-bond acceptors (Lipinski definition) is 3. The number of rotatable bonds is 4. The fourth-order valence-electron chi connectivity index (χ4n) is 3.32. The summed E-state index contributed by atoms with van der Waals surface area (Å²) < 4.78 is 0. The number of carbonyl (C=O) groups excluding carboxylic acids is 1. The molecule has 0 atom stereocenters. The Hall–Kier alpha value is -2.20. The SMILES string of the molecule is C=CCN(C)c1ccc2c(c1)S(C)(C)c1cc(N(C)C)ccc1C2=O. The van der Waals surface area contributed by atoms with E-state index in [1.54, 1.807) is 0 Å². The first-order chi connectivity index (χ1) is 11.8. The summed E-state index contributed by atoms with van der Waals surface area (Å²) in [6.07, 6.45) is 6.46. The van der Waals surface area contributed by atoms with Crippen LogP contribution in [0.4, 0.5) is 11.4 Å². The topological polar surface area (TPSA) is 23.6 Å². The van der Waals surface area contributed by atoms with E-state index in [9.17, 15) is 4.79 Å². The molecular formula is C21H26N2OS. The summed E-state index contributed by atoms with van der Waals surface area (Å²) >= 11 is 0. The second-order valence-electron chi connectivity index (χ2n) is 7.08. The third kappa shape index (κ3) is 2.85. The number of hydrogen-bond donors (Lipinski definition) is 0. The van der Waals surface area contributed by atoms with Crippen molar-refractivity contribution in [3.05, 3.63) is 60.2 Å². The van der Waals surface area contributed by atoms with E-state index >= 15 is 0 Å². The lowest BCUT2D eigenvalue weighted by atomic mass is 10.0. The molecule has 0 radical (unpaired) electrons. The van der Waals surface area contributed by atoms with Crippen molar-refractivity contribution < 1.29 is 4.79 Å². The first kappa shape index (κ1) is 17.6. The molecule has 4 heteroatoms. The zero-order valence-electron chi connectivity index (χ0n) is 15.7. The Morgan fingerprint density at radius 2 is 1.48 bits per heavy atom. The summed E-state index contributed by atoms with van der Waals surface area (Å²) in [6, 6.07) is 12.4. The average molecular weight is 355 g/mol. The minimum absolute atomic E-state index is 0.139. The molecule has 0 fully saturated rings. The van der Waals surface area contributed by atoms with Crippen LogP contribution in [0.5, 0.6) is 0 Å². The number of ketones is 1. The van der Waals surface area contributed by atoms with Crippen LogP contribution in [0.1, 0.15) is 15.9 Å². The van der Waals surface area contributed by atoms with Crippen molar-refractivity contribution in [2.45, 2.75) is 9.79 Å². The van der Waals surface area contributed by atoms with E-state index in [2.05, 4.69) is 48.1 Å². The van der Waals surface area contributed by atoms with Gasteiger partial charge in [-0.25, -0.2) is 0 Å². The predicted molar refractivity (Wildman–Crippen MR) is 110 cm³/mol. The summed E-state index contributed by atoms with van der Waals surface area (Å²) in [5, 5.41) is 0. The van der Waals surface area contributed by atoms with Crippen molar-refractivity contribution in [3.8, 4) is 0 Å². The highest BCUT2D eigenvalue weighted by Gasteiger charge is 2.34. The molecule has 3 rings (SSSR count). The zero-order chi connectivity index (χ0) is 18.4. The van der Waals surface area contributed by atoms with E-state index in [1.807, 2.05) is 44.4 Å². The fourth-order valence-corrected chi connectivity index (χ4v) is 5.81. The minimum Gasteiger partial charge on any atom is -0.378 e. The second kappa shape index (κ2) is 6.26. The van der Waals surface area contributed by atoms with E-state index < -0.39 is 10.0 Å². The Balaban J connectivity index is 2.18. The van der Waals surface area contributed by atoms with E-state index in [0.717, 1.165) is 29.0 Å². The van der Waals surface area contributed by atoms with Gasteiger partial charge in [0.05, 0.1) is 0 Å². The molecule has 1 heterocycles. The Kier molecular flexibility index (Phi) is 4.41. The summed E-state index contributed by atoms with van der Waals surface area (Å²) in [5.41, 5.74) is 3.96. The molecule has 2 aromatic rings. The van der Waals surface area contributed by atoms with Gasteiger partial charge < -0.3 is 9.80 Å². The number of benzene rings is 2. The average Bonchev–Trinajstić information content (AvgIpc) is 2.59. The standard InChI is InChI=1S/C21H26N2OS/c1-7-12-23(4)16-9-11-18-20(14-16)25(5,6)19-13-15(22(2)3)8-10-17(19)21(18)24/h7-11,13-14H,1,12H2,2-6H3. The third-order valence-electron chi connectivity index (χ3n) is 4.88. The van der Waals surface area contributed by atoms with Crippen LogP contribution in [-0.2, 0) is 0 Å². The normalized spacial score (nSPS) is 15.8. The van der Waals surface area contributed by atoms with Crippen LogP contribution < -0.4 is 9.80 Å². The highest BCUT2D eigenvalue weighted by molar-refractivity contribution is 8.32. The van der Waals surface area contributed by atoms with Gasteiger partial charge in [-0.3, -0.25) is 4.79 Å². The van der Waals surface area contributed by atoms with Crippen LogP contribution in [-0.4, -0.2) is 46.0 Å². The number of fused-ring (bicyclic) bond motifs is 2. The number of likely N-dealkylation sites (N-methyl/N-ethyl adjacent to an activating group) is 1. The smallest absolute Gasteiger partial charge is 0.195 e. The van der Waals surface area contributed by atoms with Crippen molar-refractivity contribution in [1.82, 2.24) is 0 Å². The van der Waals surface area contributed by atoms with Gasteiger partial charge >= 0.3 is 0 Å². The second-order valence-corrected chi connectivity index (χ2v) is 10.6. The van der Waals surface area contributed by atoms with Gasteiger partial charge in [0, 0.05) is 60.0 Å². The third-order valence-corrected chi connectivity index (χ3v) is 7.75. The minimum atomic E-state index is -1.26. The lowest BCUT2D eigenvalue weighted by molar-refractivity contribution is 0.103. The van der Waals surface area contributed by atoms with E-state index in [0.29, 0.717) is 0 Å². The maximum Gasteiger partial charge on any atom is 0.195 e. The molecule has 0 aromatic heterocycles. The molecule has 2 aromatic carbocycles. The molecule has 0 N–H and O–H groups in total. The van der Waals surface area contributed by atoms with Gasteiger partial charge in [-0.1, -0.05) is 6.08 Å². The van der Waals surface area contributed by atoms with Gasteiger partial charge in [-0.05, 0) is 48.9 Å². The molecule has 25 heavy (non-hydrogen) atoms. The van der Waals surface area contributed by atoms with Crippen molar-refractivity contribution in [2.75, 3.05) is 50.0 Å². The molecule has 0 bridgehead atoms. The van der Waals surface area contributed by atoms with E-state index in [1.165, 1.54) is 9.79 Å². The van der Waals surface area contributed by atoms with E-state index in [-0.39, 0.29) is 5.78 Å². The summed E-state index contributed by atoms with van der Waals surface area (Å²) in [5.74, 6) is 0.139. The van der Waals surface area contributed by atoms with Gasteiger partial charge in [0.25, 0.3) is 0 Å². The van der Waals surface area contributed by atoms with Crippen LogP contribution in [0.15, 0.2) is 58.8 Å². The summed E-state index contributed by atoms with van der Waals surface area (Å²) in [4.78, 5) is 19.6. The van der Waals surface area contributed by atoms with Crippen LogP contribution >= 0.6 is 10.0 Å². The summed E-state index contributed by atoms with van der Waals surface area (Å²) in [6.45, 7) is 4.60. The number of nitrogens with zero attached hydrogens (tertiary/aromatic N) is 2. The van der Waals surface area contributed by atoms with Crippen LogP contribution in [0.2, 0.25) is 0 Å². The van der Waals surface area contributed by atoms with Crippen molar-refractivity contribution in [1.29, 1.82) is 0 Å². The monoisotopic (exact) mass is 354 g/mol. The quantitative estimate of drug-likeness (QED) is 0.760. The molecule has 0 aliphatic carbocycles. The molecule has 0 unspecified atom stereocenters. The molecular weight excluding hydrogens is 328 g/mol. The first-order valence-electron chi connectivity index (χ1n) is 8.33. The van der Waals surface area contributed by atoms with Crippen molar-refractivity contribution in [3.63, 3.8) is 0 Å². The van der Waals surface area contributed by atoms with Crippen LogP contribution in [0, 0.1) is 0 Å². The molecule has 0 amide bonds. The maximum atomic E-state index is 13.1. The molecule has 132 valence electrons. The number of anilines is 2. The Bertz CT molecular complexity index is 855. The fraction of sp³-hybridized carbons (Fsp3) is 0.286. The molecule has 0 saturated heterocycles. The Morgan fingerprint density at radius 1 is 0.960 bits per heavy atom. The highest BCUT2D eigenvalue weighted by atomic mass is 32.3. The van der Waals surface area contributed by atoms with E-state index in [4.69, 9.17) is 0 Å². The predicted octanol–water partition coefficient (Wildman–Crippen LogP) is 4.40. The Labute approximate surface area is 152 Å². The zero-order valence-corrected chi connectivity index (χ0v) is 16.5. The molecule has 0 saturated carbocycles. The molecule has 1 aliphatic heterocycles. The first-order valence-corrected chi connectivity index (χ1v) is 10.8. The van der Waals surface area contributed by atoms with Crippen molar-refractivity contribution in [2.24, 2.45) is 0 Å². The number of carbonyl (C=O) groups is 1. The van der Waals surface area contributed by atoms with Crippen LogP contribution in [0.3, 0.4) is 0 Å². The van der Waals surface area contributed by atoms with Gasteiger partial charge in [0.15, 0.2) is 5.78 Å². The van der Waals surface area contributed by atoms with Gasteiger partial charge in [0.1, 0.15) is 0 Å². The highest BCUT2D eigenvalue weighted by Crippen LogP contribution is 2.62. The summed E-state index contributed by atoms with van der Waals surface area (Å²) in [7, 11) is 4.85. The van der Waals surface area contributed by atoms with Gasteiger partial charge in [-0.15, -0.1) is 6.58 Å². The maximum absolute atomic E-state index is 13.1. The largest absolute Gasteiger partial charge is 0.378 e. The molecule has 0 spiro atoms.